The highest BCUT2D eigenvalue weighted by Crippen LogP contribution is 2.17. The van der Waals surface area contributed by atoms with Crippen LogP contribution < -0.4 is 5.73 Å². The van der Waals surface area contributed by atoms with Gasteiger partial charge >= 0.3 is 0 Å². The van der Waals surface area contributed by atoms with E-state index in [2.05, 4.69) is 15.0 Å². The van der Waals surface area contributed by atoms with Gasteiger partial charge in [0.1, 0.15) is 11.6 Å². The summed E-state index contributed by atoms with van der Waals surface area (Å²) in [4.78, 5) is 11.2. The van der Waals surface area contributed by atoms with Crippen molar-refractivity contribution < 1.29 is 0 Å². The zero-order valence-corrected chi connectivity index (χ0v) is 7.28. The van der Waals surface area contributed by atoms with Crippen LogP contribution in [0.15, 0.2) is 24.5 Å². The van der Waals surface area contributed by atoms with E-state index in [0.717, 1.165) is 17.1 Å². The molecular weight excluding hydrogens is 164 g/mol. The average molecular weight is 174 g/mol. The van der Waals surface area contributed by atoms with Crippen LogP contribution in [0.5, 0.6) is 0 Å². The van der Waals surface area contributed by atoms with Gasteiger partial charge in [0.15, 0.2) is 0 Å². The minimum Gasteiger partial charge on any atom is -0.382 e. The third-order valence-electron chi connectivity index (χ3n) is 1.88. The van der Waals surface area contributed by atoms with E-state index in [-0.39, 0.29) is 0 Å². The van der Waals surface area contributed by atoms with Crippen molar-refractivity contribution >= 4 is 5.82 Å². The molecule has 2 heterocycles. The number of imidazole rings is 1. The molecule has 0 radical (unpaired) electrons. The second kappa shape index (κ2) is 2.90. The van der Waals surface area contributed by atoms with Gasteiger partial charge in [0.2, 0.25) is 0 Å². The number of aromatic nitrogens is 3. The fraction of sp³-hybridized carbons (Fsp3) is 0.111. The number of nitrogens with zero attached hydrogens (tertiary/aromatic N) is 2. The minimum absolute atomic E-state index is 0.548. The zero-order valence-electron chi connectivity index (χ0n) is 7.28. The average Bonchev–Trinajstić information content (AvgIpc) is 2.49. The molecular formula is C9H10N4. The van der Waals surface area contributed by atoms with Gasteiger partial charge < -0.3 is 10.7 Å². The van der Waals surface area contributed by atoms with E-state index in [9.17, 15) is 0 Å². The Morgan fingerprint density at radius 2 is 2.00 bits per heavy atom. The van der Waals surface area contributed by atoms with E-state index in [0.29, 0.717) is 5.82 Å². The van der Waals surface area contributed by atoms with Gasteiger partial charge in [-0.05, 0) is 19.1 Å². The maximum atomic E-state index is 5.62. The molecule has 0 unspecified atom stereocenters. The Hall–Kier alpha value is -1.84. The summed E-state index contributed by atoms with van der Waals surface area (Å²) in [6, 6.07) is 3.77. The molecule has 0 aliphatic carbocycles. The van der Waals surface area contributed by atoms with E-state index in [1.165, 1.54) is 0 Å². The second-order valence-electron chi connectivity index (χ2n) is 2.83. The lowest BCUT2D eigenvalue weighted by Crippen LogP contribution is -1.86. The number of nitrogens with two attached hydrogens (primary N) is 1. The summed E-state index contributed by atoms with van der Waals surface area (Å²) in [5.41, 5.74) is 7.51. The quantitative estimate of drug-likeness (QED) is 0.686. The van der Waals surface area contributed by atoms with Crippen LogP contribution in [0.1, 0.15) is 5.69 Å². The predicted octanol–water partition coefficient (Wildman–Crippen LogP) is 1.36. The third kappa shape index (κ3) is 1.38. The molecule has 0 aliphatic heterocycles. The summed E-state index contributed by atoms with van der Waals surface area (Å²) < 4.78 is 0. The molecule has 0 amide bonds. The molecule has 0 aliphatic rings. The smallest absolute Gasteiger partial charge is 0.145 e. The fourth-order valence-corrected chi connectivity index (χ4v) is 1.12. The molecule has 0 fully saturated rings. The van der Waals surface area contributed by atoms with E-state index < -0.39 is 0 Å². The highest BCUT2D eigenvalue weighted by atomic mass is 15.0. The van der Waals surface area contributed by atoms with Crippen molar-refractivity contribution in [3.05, 3.63) is 30.2 Å². The van der Waals surface area contributed by atoms with Crippen LogP contribution in [0, 0.1) is 6.92 Å². The summed E-state index contributed by atoms with van der Waals surface area (Å²) in [6.07, 6.45) is 3.45. The molecule has 0 spiro atoms. The molecule has 0 atom stereocenters. The van der Waals surface area contributed by atoms with Gasteiger partial charge in [-0.1, -0.05) is 0 Å². The highest BCUT2D eigenvalue weighted by molar-refractivity contribution is 5.57. The summed E-state index contributed by atoms with van der Waals surface area (Å²) >= 11 is 0. The minimum atomic E-state index is 0.548. The Morgan fingerprint density at radius 1 is 1.31 bits per heavy atom. The van der Waals surface area contributed by atoms with E-state index in [4.69, 9.17) is 5.73 Å². The summed E-state index contributed by atoms with van der Waals surface area (Å²) in [7, 11) is 0. The molecule has 3 N–H and O–H groups in total. The number of aromatic amines is 1. The number of nitrogens with one attached hydrogen (secondary N) is 1. The maximum Gasteiger partial charge on any atom is 0.145 e. The van der Waals surface area contributed by atoms with Crippen LogP contribution in [0.25, 0.3) is 11.4 Å². The molecule has 4 nitrogen and oxygen atoms in total. The van der Waals surface area contributed by atoms with Gasteiger partial charge in [-0.2, -0.15) is 0 Å². The molecule has 4 heteroatoms. The highest BCUT2D eigenvalue weighted by Gasteiger charge is 2.04. The Labute approximate surface area is 75.8 Å². The summed E-state index contributed by atoms with van der Waals surface area (Å²) in [5, 5.41) is 0. The molecule has 2 aromatic heterocycles. The maximum absolute atomic E-state index is 5.62. The molecule has 0 saturated heterocycles. The monoisotopic (exact) mass is 174 g/mol. The van der Waals surface area contributed by atoms with Crippen molar-refractivity contribution in [1.29, 1.82) is 0 Å². The number of anilines is 1. The topological polar surface area (TPSA) is 67.6 Å². The normalized spacial score (nSPS) is 10.2. The molecule has 0 saturated carbocycles. The molecule has 13 heavy (non-hydrogen) atoms. The van der Waals surface area contributed by atoms with Crippen LogP contribution in [0.2, 0.25) is 0 Å². The van der Waals surface area contributed by atoms with Gasteiger partial charge in [0.25, 0.3) is 0 Å². The summed E-state index contributed by atoms with van der Waals surface area (Å²) in [5.74, 6) is 1.34. The van der Waals surface area contributed by atoms with Gasteiger partial charge in [-0.15, -0.1) is 0 Å². The Bertz CT molecular complexity index is 385. The predicted molar refractivity (Wildman–Crippen MR) is 51.0 cm³/mol. The third-order valence-corrected chi connectivity index (χ3v) is 1.88. The molecule has 2 aromatic rings. The number of pyridine rings is 1. The van der Waals surface area contributed by atoms with Crippen LogP contribution in [0.3, 0.4) is 0 Å². The van der Waals surface area contributed by atoms with E-state index in [1.807, 2.05) is 19.1 Å². The standard InChI is InChI=1S/C9H10N4/c1-6-8(10)13-9(12-6)7-2-4-11-5-3-7/h2-5H,10H2,1H3,(H,12,13). The van der Waals surface area contributed by atoms with E-state index >= 15 is 0 Å². The largest absolute Gasteiger partial charge is 0.382 e. The van der Waals surface area contributed by atoms with Gasteiger partial charge in [-0.25, -0.2) is 4.98 Å². The van der Waals surface area contributed by atoms with Crippen molar-refractivity contribution in [2.45, 2.75) is 6.92 Å². The number of H-pyrrole nitrogens is 1. The Morgan fingerprint density at radius 3 is 2.54 bits per heavy atom. The number of rotatable bonds is 1. The Balaban J connectivity index is 2.48. The van der Waals surface area contributed by atoms with E-state index in [1.54, 1.807) is 12.4 Å². The lowest BCUT2D eigenvalue weighted by Gasteiger charge is -1.92. The molecule has 2 rings (SSSR count). The van der Waals surface area contributed by atoms with Gasteiger partial charge in [-0.3, -0.25) is 4.98 Å². The number of aryl methyl sites for hydroxylation is 1. The summed E-state index contributed by atoms with van der Waals surface area (Å²) in [6.45, 7) is 1.90. The van der Waals surface area contributed by atoms with Crippen LogP contribution in [0.4, 0.5) is 5.82 Å². The number of hydrogen-bond acceptors (Lipinski definition) is 3. The first kappa shape index (κ1) is 7.79. The van der Waals surface area contributed by atoms with Crippen LogP contribution in [-0.4, -0.2) is 15.0 Å². The molecule has 66 valence electrons. The molecule has 0 aromatic carbocycles. The zero-order chi connectivity index (χ0) is 9.26. The first-order valence-corrected chi connectivity index (χ1v) is 4.00. The first-order valence-electron chi connectivity index (χ1n) is 4.00. The van der Waals surface area contributed by atoms with Crippen LogP contribution in [-0.2, 0) is 0 Å². The van der Waals surface area contributed by atoms with Crippen LogP contribution >= 0.6 is 0 Å². The number of nitrogen functional groups attached to an aromatic ring is 1. The lowest BCUT2D eigenvalue weighted by molar-refractivity contribution is 1.24. The van der Waals surface area contributed by atoms with Crippen molar-refractivity contribution in [3.63, 3.8) is 0 Å². The fourth-order valence-electron chi connectivity index (χ4n) is 1.12. The first-order chi connectivity index (χ1) is 6.27. The van der Waals surface area contributed by atoms with Crippen molar-refractivity contribution in [2.24, 2.45) is 0 Å². The Kier molecular flexibility index (Phi) is 1.73. The van der Waals surface area contributed by atoms with Gasteiger partial charge in [0, 0.05) is 18.0 Å². The van der Waals surface area contributed by atoms with Crippen molar-refractivity contribution in [3.8, 4) is 11.4 Å². The van der Waals surface area contributed by atoms with Crippen molar-refractivity contribution in [2.75, 3.05) is 5.73 Å². The SMILES string of the molecule is Cc1[nH]c(-c2ccncc2)nc1N. The second-order valence-corrected chi connectivity index (χ2v) is 2.83. The lowest BCUT2D eigenvalue weighted by atomic mass is 10.2. The van der Waals surface area contributed by atoms with Gasteiger partial charge in [0.05, 0.1) is 5.69 Å². The molecule has 0 bridgehead atoms. The number of hydrogen-bond donors (Lipinski definition) is 2. The van der Waals surface area contributed by atoms with Crippen molar-refractivity contribution in [1.82, 2.24) is 15.0 Å².